The van der Waals surface area contributed by atoms with E-state index >= 15 is 0 Å². The van der Waals surface area contributed by atoms with E-state index in [2.05, 4.69) is 25.2 Å². The summed E-state index contributed by atoms with van der Waals surface area (Å²) in [5.74, 6) is -0.220. The summed E-state index contributed by atoms with van der Waals surface area (Å²) in [5.41, 5.74) is 1.76. The number of rotatable bonds is 17. The maximum absolute atomic E-state index is 13.6. The van der Waals surface area contributed by atoms with Gasteiger partial charge in [0, 0.05) is 66.4 Å². The van der Waals surface area contributed by atoms with E-state index in [1.807, 2.05) is 106 Å². The highest BCUT2D eigenvalue weighted by Crippen LogP contribution is 2.40. The van der Waals surface area contributed by atoms with E-state index in [0.717, 1.165) is 47.3 Å². The Morgan fingerprint density at radius 3 is 2.42 bits per heavy atom. The third kappa shape index (κ3) is 9.39. The van der Waals surface area contributed by atoms with Gasteiger partial charge in [0.2, 0.25) is 0 Å². The number of nitrogens with zero attached hydrogens (tertiary/aromatic N) is 4. The number of carboxylic acids is 1. The number of aliphatic carboxylic acids is 1. The molecule has 302 valence electrons. The van der Waals surface area contributed by atoms with Gasteiger partial charge in [0.15, 0.2) is 0 Å². The average Bonchev–Trinajstić information content (AvgIpc) is 3.56. The highest BCUT2D eigenvalue weighted by atomic mass is 32.2. The molecule has 4 aromatic carbocycles. The molecular formula is C42H51N7O6S2. The Labute approximate surface area is 339 Å². The predicted molar refractivity (Wildman–Crippen MR) is 228 cm³/mol. The van der Waals surface area contributed by atoms with E-state index in [1.54, 1.807) is 30.0 Å². The summed E-state index contributed by atoms with van der Waals surface area (Å²) in [6, 6.07) is 28.4. The first-order valence-electron chi connectivity index (χ1n) is 19.1. The fourth-order valence-corrected chi connectivity index (χ4v) is 9.63. The second-order valence-corrected chi connectivity index (χ2v) is 17.5. The van der Waals surface area contributed by atoms with Gasteiger partial charge in [-0.3, -0.25) is 19.6 Å². The summed E-state index contributed by atoms with van der Waals surface area (Å²) in [7, 11) is -0.225. The summed E-state index contributed by atoms with van der Waals surface area (Å²) < 4.78 is 29.8. The molecule has 0 bridgehead atoms. The first kappa shape index (κ1) is 41.5. The average molecular weight is 814 g/mol. The number of anilines is 3. The van der Waals surface area contributed by atoms with Crippen molar-refractivity contribution in [3.05, 3.63) is 131 Å². The lowest BCUT2D eigenvalue weighted by atomic mass is 9.76. The van der Waals surface area contributed by atoms with E-state index in [4.69, 9.17) is 0 Å². The number of hydrogen-bond donors (Lipinski definition) is 4. The van der Waals surface area contributed by atoms with Crippen molar-refractivity contribution in [3.63, 3.8) is 0 Å². The molecule has 0 aromatic heterocycles. The Morgan fingerprint density at radius 2 is 1.79 bits per heavy atom. The lowest BCUT2D eigenvalue weighted by molar-refractivity contribution is -0.384. The largest absolute Gasteiger partial charge is 0.480 e. The van der Waals surface area contributed by atoms with Crippen molar-refractivity contribution >= 4 is 50.5 Å². The first-order valence-corrected chi connectivity index (χ1v) is 21.6. The zero-order chi connectivity index (χ0) is 40.7. The molecule has 4 atom stereocenters. The second kappa shape index (κ2) is 18.0. The molecule has 0 saturated carbocycles. The van der Waals surface area contributed by atoms with Crippen LogP contribution in [-0.2, 0) is 20.2 Å². The minimum absolute atomic E-state index is 0.0695. The molecule has 2 aliphatic heterocycles. The molecule has 57 heavy (non-hydrogen) atoms. The topological polar surface area (TPSA) is 160 Å². The molecular weight excluding hydrogens is 763 g/mol. The van der Waals surface area contributed by atoms with Crippen LogP contribution in [0, 0.1) is 10.1 Å². The van der Waals surface area contributed by atoms with Crippen molar-refractivity contribution in [1.29, 1.82) is 0 Å². The molecule has 0 radical (unpaired) electrons. The van der Waals surface area contributed by atoms with Crippen LogP contribution < -0.4 is 20.3 Å². The number of piperazine rings is 1. The summed E-state index contributed by atoms with van der Waals surface area (Å²) in [6.45, 7) is 7.57. The Hall–Kier alpha value is -5.09. The molecule has 13 nitrogen and oxygen atoms in total. The van der Waals surface area contributed by atoms with Crippen LogP contribution in [0.25, 0.3) is 0 Å². The molecule has 15 heteroatoms. The first-order chi connectivity index (χ1) is 27.3. The SMILES string of the molecule is CCN1C=CC(C(=O)O)(c2ccc(N3CCNCC3c3ccc(NS(=O)(=O)c4ccc(NC(CCN(C)C)CSc5ccccc5)c([N+](=O)[O-])c4)cc3)cc2)C1C. The normalized spacial score (nSPS) is 20.1. The van der Waals surface area contributed by atoms with Crippen LogP contribution >= 0.6 is 11.8 Å². The van der Waals surface area contributed by atoms with Gasteiger partial charge in [-0.1, -0.05) is 42.5 Å². The Kier molecular flexibility index (Phi) is 13.1. The number of carboxylic acid groups (broad SMARTS) is 1. The highest BCUT2D eigenvalue weighted by Gasteiger charge is 2.48. The number of sulfonamides is 1. The van der Waals surface area contributed by atoms with Crippen LogP contribution in [-0.4, -0.2) is 98.9 Å². The van der Waals surface area contributed by atoms with Gasteiger partial charge >= 0.3 is 5.97 Å². The lowest BCUT2D eigenvalue weighted by Crippen LogP contribution is -2.47. The molecule has 4 N–H and O–H groups in total. The summed E-state index contributed by atoms with van der Waals surface area (Å²) in [5, 5.41) is 29.4. The summed E-state index contributed by atoms with van der Waals surface area (Å²) in [4.78, 5) is 31.6. The van der Waals surface area contributed by atoms with Crippen LogP contribution in [0.5, 0.6) is 0 Å². The van der Waals surface area contributed by atoms with Crippen molar-refractivity contribution in [2.75, 3.05) is 67.5 Å². The van der Waals surface area contributed by atoms with Gasteiger partial charge in [-0.05, 0) is 113 Å². The van der Waals surface area contributed by atoms with Crippen LogP contribution in [0.2, 0.25) is 0 Å². The van der Waals surface area contributed by atoms with Crippen LogP contribution in [0.1, 0.15) is 37.4 Å². The Balaban J connectivity index is 1.16. The smallest absolute Gasteiger partial charge is 0.320 e. The van der Waals surface area contributed by atoms with Crippen molar-refractivity contribution in [2.45, 2.75) is 53.6 Å². The molecule has 0 amide bonds. The zero-order valence-corrected chi connectivity index (χ0v) is 34.3. The second-order valence-electron chi connectivity index (χ2n) is 14.7. The van der Waals surface area contributed by atoms with Gasteiger partial charge in [-0.15, -0.1) is 11.8 Å². The van der Waals surface area contributed by atoms with Crippen molar-refractivity contribution < 1.29 is 23.2 Å². The number of nitro benzene ring substituents is 1. The lowest BCUT2D eigenvalue weighted by Gasteiger charge is -2.39. The molecule has 6 rings (SSSR count). The van der Waals surface area contributed by atoms with Crippen molar-refractivity contribution in [2.24, 2.45) is 0 Å². The molecule has 4 aromatic rings. The van der Waals surface area contributed by atoms with E-state index in [1.165, 1.54) is 12.1 Å². The monoisotopic (exact) mass is 813 g/mol. The van der Waals surface area contributed by atoms with Gasteiger partial charge in [0.25, 0.3) is 15.7 Å². The minimum Gasteiger partial charge on any atom is -0.480 e. The van der Waals surface area contributed by atoms with Crippen molar-refractivity contribution in [1.82, 2.24) is 15.1 Å². The molecule has 0 aliphatic carbocycles. The molecule has 2 aliphatic rings. The van der Waals surface area contributed by atoms with Crippen LogP contribution in [0.15, 0.2) is 119 Å². The molecule has 1 fully saturated rings. The fraction of sp³-hybridized carbons (Fsp3) is 0.357. The van der Waals surface area contributed by atoms with E-state index in [9.17, 15) is 28.4 Å². The molecule has 4 unspecified atom stereocenters. The minimum atomic E-state index is -4.17. The van der Waals surface area contributed by atoms with Gasteiger partial charge in [-0.25, -0.2) is 8.42 Å². The molecule has 1 saturated heterocycles. The third-order valence-electron chi connectivity index (χ3n) is 10.8. The van der Waals surface area contributed by atoms with E-state index < -0.39 is 26.3 Å². The van der Waals surface area contributed by atoms with Crippen molar-refractivity contribution in [3.8, 4) is 0 Å². The number of carbonyl (C=O) groups is 1. The molecule has 2 heterocycles. The quantitative estimate of drug-likeness (QED) is 0.0513. The number of nitrogens with one attached hydrogen (secondary N) is 3. The van der Waals surface area contributed by atoms with E-state index in [0.29, 0.717) is 31.1 Å². The Morgan fingerprint density at radius 1 is 1.07 bits per heavy atom. The number of likely N-dealkylation sites (N-methyl/N-ethyl adjacent to an activating group) is 1. The summed E-state index contributed by atoms with van der Waals surface area (Å²) in [6.07, 6.45) is 4.38. The number of hydrogen-bond acceptors (Lipinski definition) is 11. The maximum atomic E-state index is 13.6. The number of nitro groups is 1. The third-order valence-corrected chi connectivity index (χ3v) is 13.4. The Bertz CT molecular complexity index is 2150. The molecule has 0 spiro atoms. The maximum Gasteiger partial charge on any atom is 0.320 e. The zero-order valence-electron chi connectivity index (χ0n) is 32.7. The number of thioether (sulfide) groups is 1. The van der Waals surface area contributed by atoms with Gasteiger partial charge in [0.1, 0.15) is 11.1 Å². The standard InChI is InChI=1S/C42H51N7O6S2/c1-5-47-25-22-42(30(47)2,41(50)51)32-13-17-35(18-14-32)48-26-23-43-28-40(48)31-11-15-33(16-12-31)45-57(54,55)37-19-20-38(39(27-37)49(52)53)44-34(21-24-46(3)4)29-56-36-9-7-6-8-10-36/h6-20,22,25,27,30,34,40,43-45H,5,21,23-24,26,28-29H2,1-4H3,(H,50,51). The van der Waals surface area contributed by atoms with Crippen LogP contribution in [0.3, 0.4) is 0 Å². The van der Waals surface area contributed by atoms with Gasteiger partial charge < -0.3 is 30.4 Å². The van der Waals surface area contributed by atoms with Gasteiger partial charge in [0.05, 0.1) is 15.9 Å². The number of benzene rings is 4. The highest BCUT2D eigenvalue weighted by molar-refractivity contribution is 7.99. The fourth-order valence-electron chi connectivity index (χ4n) is 7.56. The van der Waals surface area contributed by atoms with Crippen LogP contribution in [0.4, 0.5) is 22.7 Å². The van der Waals surface area contributed by atoms with Gasteiger partial charge in [-0.2, -0.15) is 0 Å². The predicted octanol–water partition coefficient (Wildman–Crippen LogP) is 6.63. The summed E-state index contributed by atoms with van der Waals surface area (Å²) >= 11 is 1.65. The van der Waals surface area contributed by atoms with E-state index in [-0.39, 0.29) is 34.4 Å².